The molecule has 0 fully saturated rings. The van der Waals surface area contributed by atoms with Crippen LogP contribution < -0.4 is 14.8 Å². The van der Waals surface area contributed by atoms with Gasteiger partial charge in [-0.3, -0.25) is 4.79 Å². The first kappa shape index (κ1) is 24.2. The largest absolute Gasteiger partial charge is 0.495 e. The zero-order chi connectivity index (χ0) is 24.2. The fourth-order valence-corrected chi connectivity index (χ4v) is 4.68. The minimum atomic E-state index is -3.93. The molecule has 0 aliphatic heterocycles. The van der Waals surface area contributed by atoms with E-state index < -0.39 is 28.0 Å². The standard InChI is InChI=1S/C24H26N2O6S/c1-15(2)26-33(29,30)22-14-18(12-13-21(22)31-4)24(28)32-16(3)23(27)25-20-11-7-9-17-8-5-6-10-19(17)20/h5-16,26H,1-4H3,(H,25,27)/t16-/m0/s1. The molecule has 0 saturated carbocycles. The van der Waals surface area contributed by atoms with Crippen LogP contribution in [-0.2, 0) is 19.6 Å². The van der Waals surface area contributed by atoms with Gasteiger partial charge in [-0.25, -0.2) is 17.9 Å². The van der Waals surface area contributed by atoms with Crippen molar-refractivity contribution in [2.75, 3.05) is 12.4 Å². The van der Waals surface area contributed by atoms with Crippen LogP contribution >= 0.6 is 0 Å². The first-order chi connectivity index (χ1) is 15.6. The highest BCUT2D eigenvalue weighted by molar-refractivity contribution is 7.89. The highest BCUT2D eigenvalue weighted by Gasteiger charge is 2.25. The Morgan fingerprint density at radius 2 is 1.64 bits per heavy atom. The molecule has 0 aliphatic rings. The van der Waals surface area contributed by atoms with Crippen LogP contribution in [-0.4, -0.2) is 39.5 Å². The minimum Gasteiger partial charge on any atom is -0.495 e. The van der Waals surface area contributed by atoms with Gasteiger partial charge in [-0.2, -0.15) is 0 Å². The number of amides is 1. The molecule has 2 N–H and O–H groups in total. The molecule has 9 heteroatoms. The number of carbonyl (C=O) groups excluding carboxylic acids is 2. The zero-order valence-corrected chi connectivity index (χ0v) is 19.6. The van der Waals surface area contributed by atoms with E-state index in [9.17, 15) is 18.0 Å². The molecular formula is C24H26N2O6S. The summed E-state index contributed by atoms with van der Waals surface area (Å²) in [5.41, 5.74) is 0.573. The van der Waals surface area contributed by atoms with Crippen LogP contribution in [0.4, 0.5) is 5.69 Å². The summed E-state index contributed by atoms with van der Waals surface area (Å²) in [6, 6.07) is 16.6. The molecule has 33 heavy (non-hydrogen) atoms. The molecule has 174 valence electrons. The van der Waals surface area contributed by atoms with Gasteiger partial charge in [0, 0.05) is 17.1 Å². The van der Waals surface area contributed by atoms with Gasteiger partial charge < -0.3 is 14.8 Å². The summed E-state index contributed by atoms with van der Waals surface area (Å²) >= 11 is 0. The van der Waals surface area contributed by atoms with Crippen LogP contribution in [0.25, 0.3) is 10.8 Å². The molecule has 0 bridgehead atoms. The molecule has 0 spiro atoms. The summed E-state index contributed by atoms with van der Waals surface area (Å²) in [4.78, 5) is 25.1. The van der Waals surface area contributed by atoms with Gasteiger partial charge in [0.15, 0.2) is 6.10 Å². The number of anilines is 1. The number of methoxy groups -OCH3 is 1. The lowest BCUT2D eigenvalue weighted by molar-refractivity contribution is -0.123. The molecular weight excluding hydrogens is 444 g/mol. The summed E-state index contributed by atoms with van der Waals surface area (Å²) in [5, 5.41) is 4.59. The number of esters is 1. The third-order valence-electron chi connectivity index (χ3n) is 4.78. The summed E-state index contributed by atoms with van der Waals surface area (Å²) in [6.07, 6.45) is -1.12. The number of nitrogens with one attached hydrogen (secondary N) is 2. The maximum atomic E-state index is 12.7. The van der Waals surface area contributed by atoms with Crippen molar-refractivity contribution in [1.29, 1.82) is 0 Å². The maximum absolute atomic E-state index is 12.7. The third-order valence-corrected chi connectivity index (χ3v) is 6.46. The molecule has 1 amide bonds. The quantitative estimate of drug-likeness (QED) is 0.486. The van der Waals surface area contributed by atoms with Crippen molar-refractivity contribution in [2.24, 2.45) is 0 Å². The van der Waals surface area contributed by atoms with Crippen molar-refractivity contribution in [2.45, 2.75) is 37.8 Å². The molecule has 3 aromatic carbocycles. The predicted octanol–water partition coefficient (Wildman–Crippen LogP) is 3.72. The van der Waals surface area contributed by atoms with Gasteiger partial charge in [-0.05, 0) is 50.4 Å². The van der Waals surface area contributed by atoms with Gasteiger partial charge in [0.1, 0.15) is 10.6 Å². The summed E-state index contributed by atoms with van der Waals surface area (Å²) in [7, 11) is -2.59. The third kappa shape index (κ3) is 5.68. The summed E-state index contributed by atoms with van der Waals surface area (Å²) < 4.78 is 38.1. The highest BCUT2D eigenvalue weighted by atomic mass is 32.2. The first-order valence-corrected chi connectivity index (χ1v) is 11.8. The maximum Gasteiger partial charge on any atom is 0.338 e. The lowest BCUT2D eigenvalue weighted by Crippen LogP contribution is -2.31. The van der Waals surface area contributed by atoms with E-state index >= 15 is 0 Å². The number of rotatable bonds is 8. The number of hydrogen-bond acceptors (Lipinski definition) is 6. The van der Waals surface area contributed by atoms with Crippen molar-refractivity contribution < 1.29 is 27.5 Å². The van der Waals surface area contributed by atoms with E-state index in [2.05, 4.69) is 10.0 Å². The van der Waals surface area contributed by atoms with Crippen molar-refractivity contribution in [1.82, 2.24) is 4.72 Å². The molecule has 0 unspecified atom stereocenters. The molecule has 3 aromatic rings. The van der Waals surface area contributed by atoms with Crippen LogP contribution in [0.3, 0.4) is 0 Å². The van der Waals surface area contributed by atoms with Gasteiger partial charge in [0.25, 0.3) is 5.91 Å². The lowest BCUT2D eigenvalue weighted by atomic mass is 10.1. The Labute approximate surface area is 193 Å². The Morgan fingerprint density at radius 1 is 0.939 bits per heavy atom. The Kier molecular flexibility index (Phi) is 7.35. The molecule has 8 nitrogen and oxygen atoms in total. The number of sulfonamides is 1. The Bertz CT molecular complexity index is 1280. The molecule has 0 aromatic heterocycles. The van der Waals surface area contributed by atoms with Crippen molar-refractivity contribution in [3.05, 3.63) is 66.2 Å². The average Bonchev–Trinajstić information content (AvgIpc) is 2.78. The van der Waals surface area contributed by atoms with E-state index in [1.807, 2.05) is 36.4 Å². The van der Waals surface area contributed by atoms with Gasteiger partial charge in [-0.15, -0.1) is 0 Å². The van der Waals surface area contributed by atoms with E-state index in [0.717, 1.165) is 10.8 Å². The highest BCUT2D eigenvalue weighted by Crippen LogP contribution is 2.26. The van der Waals surface area contributed by atoms with Crippen LogP contribution in [0.5, 0.6) is 5.75 Å². The van der Waals surface area contributed by atoms with Gasteiger partial charge in [0.2, 0.25) is 10.0 Å². The van der Waals surface area contributed by atoms with Crippen molar-refractivity contribution >= 4 is 38.4 Å². The molecule has 0 aliphatic carbocycles. The van der Waals surface area contributed by atoms with Crippen LogP contribution in [0, 0.1) is 0 Å². The second kappa shape index (κ2) is 10.0. The molecule has 0 saturated heterocycles. The molecule has 3 rings (SSSR count). The second-order valence-corrected chi connectivity index (χ2v) is 9.39. The van der Waals surface area contributed by atoms with Crippen LogP contribution in [0.15, 0.2) is 65.6 Å². The minimum absolute atomic E-state index is 0.0234. The monoisotopic (exact) mass is 470 g/mol. The second-order valence-electron chi connectivity index (χ2n) is 7.71. The first-order valence-electron chi connectivity index (χ1n) is 10.3. The Hall–Kier alpha value is -3.43. The van der Waals surface area contributed by atoms with Gasteiger partial charge >= 0.3 is 5.97 Å². The Morgan fingerprint density at radius 3 is 2.33 bits per heavy atom. The Balaban J connectivity index is 1.77. The molecule has 0 heterocycles. The smallest absolute Gasteiger partial charge is 0.338 e. The van der Waals surface area contributed by atoms with E-state index in [1.165, 1.54) is 32.2 Å². The topological polar surface area (TPSA) is 111 Å². The number of hydrogen-bond donors (Lipinski definition) is 2. The van der Waals surface area contributed by atoms with E-state index in [4.69, 9.17) is 9.47 Å². The fourth-order valence-electron chi connectivity index (χ4n) is 3.24. The predicted molar refractivity (Wildman–Crippen MR) is 126 cm³/mol. The van der Waals surface area contributed by atoms with E-state index in [0.29, 0.717) is 5.69 Å². The van der Waals surface area contributed by atoms with Gasteiger partial charge in [-0.1, -0.05) is 36.4 Å². The summed E-state index contributed by atoms with van der Waals surface area (Å²) in [5.74, 6) is -1.26. The zero-order valence-electron chi connectivity index (χ0n) is 18.8. The van der Waals surface area contributed by atoms with Crippen LogP contribution in [0.2, 0.25) is 0 Å². The normalized spacial score (nSPS) is 12.4. The summed E-state index contributed by atoms with van der Waals surface area (Å²) in [6.45, 7) is 4.80. The molecule has 0 radical (unpaired) electrons. The number of carbonyl (C=O) groups is 2. The molecule has 1 atom stereocenters. The van der Waals surface area contributed by atoms with E-state index in [-0.39, 0.29) is 22.3 Å². The van der Waals surface area contributed by atoms with Crippen LogP contribution in [0.1, 0.15) is 31.1 Å². The fraction of sp³-hybridized carbons (Fsp3) is 0.250. The SMILES string of the molecule is COc1ccc(C(=O)O[C@@H](C)C(=O)Nc2cccc3ccccc23)cc1S(=O)(=O)NC(C)C. The number of benzene rings is 3. The van der Waals surface area contributed by atoms with E-state index in [1.54, 1.807) is 19.9 Å². The van der Waals surface area contributed by atoms with Crippen molar-refractivity contribution in [3.63, 3.8) is 0 Å². The number of ether oxygens (including phenoxy) is 2. The lowest BCUT2D eigenvalue weighted by Gasteiger charge is -2.16. The number of fused-ring (bicyclic) bond motifs is 1. The van der Waals surface area contributed by atoms with Gasteiger partial charge in [0.05, 0.1) is 12.7 Å². The van der Waals surface area contributed by atoms with Crippen molar-refractivity contribution in [3.8, 4) is 5.75 Å². The average molecular weight is 471 g/mol.